The lowest BCUT2D eigenvalue weighted by Crippen LogP contribution is -2.26. The molecule has 0 saturated heterocycles. The van der Waals surface area contributed by atoms with E-state index in [1.165, 1.54) is 12.1 Å². The highest BCUT2D eigenvalue weighted by atomic mass is 32.2. The number of hydrogen-bond donors (Lipinski definition) is 1. The summed E-state index contributed by atoms with van der Waals surface area (Å²) < 4.78 is 28.3. The van der Waals surface area contributed by atoms with Gasteiger partial charge in [-0.3, -0.25) is 4.79 Å². The number of amides is 1. The molecule has 5 nitrogen and oxygen atoms in total. The van der Waals surface area contributed by atoms with Gasteiger partial charge in [0.15, 0.2) is 9.84 Å². The first kappa shape index (κ1) is 17.0. The number of methoxy groups -OCH3 is 1. The van der Waals surface area contributed by atoms with Crippen molar-refractivity contribution in [2.45, 2.75) is 11.3 Å². The van der Waals surface area contributed by atoms with E-state index in [0.29, 0.717) is 18.5 Å². The van der Waals surface area contributed by atoms with Gasteiger partial charge in [0.05, 0.1) is 12.0 Å². The Labute approximate surface area is 136 Å². The Morgan fingerprint density at radius 3 is 2.57 bits per heavy atom. The number of hydrogen-bond acceptors (Lipinski definition) is 4. The smallest absolute Gasteiger partial charge is 0.251 e. The Hall–Kier alpha value is -2.34. The predicted molar refractivity (Wildman–Crippen MR) is 88.6 cm³/mol. The molecule has 0 bridgehead atoms. The second-order valence-electron chi connectivity index (χ2n) is 5.12. The van der Waals surface area contributed by atoms with Crippen molar-refractivity contribution < 1.29 is 17.9 Å². The normalized spacial score (nSPS) is 11.0. The lowest BCUT2D eigenvalue weighted by molar-refractivity contribution is 0.0954. The molecule has 0 aliphatic carbocycles. The van der Waals surface area contributed by atoms with Gasteiger partial charge in [0.2, 0.25) is 0 Å². The molecule has 0 aliphatic heterocycles. The van der Waals surface area contributed by atoms with Crippen LogP contribution in [-0.2, 0) is 16.3 Å². The van der Waals surface area contributed by atoms with E-state index in [9.17, 15) is 13.2 Å². The van der Waals surface area contributed by atoms with Gasteiger partial charge in [-0.1, -0.05) is 24.3 Å². The number of benzene rings is 2. The molecular formula is C17H19NO4S. The lowest BCUT2D eigenvalue weighted by atomic mass is 10.1. The van der Waals surface area contributed by atoms with Gasteiger partial charge >= 0.3 is 0 Å². The van der Waals surface area contributed by atoms with E-state index in [1.807, 2.05) is 24.3 Å². The molecule has 0 aliphatic rings. The SMILES string of the molecule is COc1ccccc1CCNC(=O)c1cccc(S(C)(=O)=O)c1. The van der Waals surface area contributed by atoms with Crippen LogP contribution >= 0.6 is 0 Å². The van der Waals surface area contributed by atoms with Gasteiger partial charge in [-0.25, -0.2) is 8.42 Å². The number of carbonyl (C=O) groups is 1. The molecule has 0 spiro atoms. The van der Waals surface area contributed by atoms with E-state index >= 15 is 0 Å². The lowest BCUT2D eigenvalue weighted by Gasteiger charge is -2.09. The molecule has 0 atom stereocenters. The van der Waals surface area contributed by atoms with Crippen LogP contribution < -0.4 is 10.1 Å². The Bertz CT molecular complexity index is 800. The summed E-state index contributed by atoms with van der Waals surface area (Å²) in [4.78, 5) is 12.3. The first-order chi connectivity index (χ1) is 10.9. The third-order valence-corrected chi connectivity index (χ3v) is 4.51. The van der Waals surface area contributed by atoms with Crippen molar-refractivity contribution in [3.05, 3.63) is 59.7 Å². The molecule has 0 heterocycles. The van der Waals surface area contributed by atoms with Crippen molar-refractivity contribution in [1.82, 2.24) is 5.32 Å². The first-order valence-electron chi connectivity index (χ1n) is 7.12. The predicted octanol–water partition coefficient (Wildman–Crippen LogP) is 2.07. The van der Waals surface area contributed by atoms with Crippen molar-refractivity contribution in [1.29, 1.82) is 0 Å². The monoisotopic (exact) mass is 333 g/mol. The number of carbonyl (C=O) groups excluding carboxylic acids is 1. The van der Waals surface area contributed by atoms with Crippen LogP contribution in [0.2, 0.25) is 0 Å². The number of rotatable bonds is 6. The molecule has 122 valence electrons. The van der Waals surface area contributed by atoms with Crippen LogP contribution in [-0.4, -0.2) is 34.2 Å². The second kappa shape index (κ2) is 7.28. The van der Waals surface area contributed by atoms with Crippen molar-refractivity contribution in [3.63, 3.8) is 0 Å². The van der Waals surface area contributed by atoms with Gasteiger partial charge in [-0.2, -0.15) is 0 Å². The van der Waals surface area contributed by atoms with Crippen LogP contribution in [0.4, 0.5) is 0 Å². The molecule has 1 N–H and O–H groups in total. The topological polar surface area (TPSA) is 72.5 Å². The number of ether oxygens (including phenoxy) is 1. The zero-order valence-electron chi connectivity index (χ0n) is 13.1. The number of para-hydroxylation sites is 1. The minimum Gasteiger partial charge on any atom is -0.496 e. The van der Waals surface area contributed by atoms with Crippen LogP contribution in [0, 0.1) is 0 Å². The maximum Gasteiger partial charge on any atom is 0.251 e. The molecule has 6 heteroatoms. The van der Waals surface area contributed by atoms with Crippen molar-refractivity contribution in [3.8, 4) is 5.75 Å². The fourth-order valence-electron chi connectivity index (χ4n) is 2.19. The summed E-state index contributed by atoms with van der Waals surface area (Å²) in [6.07, 6.45) is 1.74. The van der Waals surface area contributed by atoms with Gasteiger partial charge in [-0.05, 0) is 36.2 Å². The highest BCUT2D eigenvalue weighted by Gasteiger charge is 2.11. The molecular weight excluding hydrogens is 314 g/mol. The minimum atomic E-state index is -3.33. The van der Waals surface area contributed by atoms with Crippen LogP contribution in [0.25, 0.3) is 0 Å². The van der Waals surface area contributed by atoms with Gasteiger partial charge < -0.3 is 10.1 Å². The molecule has 0 aromatic heterocycles. The summed E-state index contributed by atoms with van der Waals surface area (Å²) in [7, 11) is -1.72. The summed E-state index contributed by atoms with van der Waals surface area (Å²) in [5, 5.41) is 2.79. The van der Waals surface area contributed by atoms with Gasteiger partial charge in [0.1, 0.15) is 5.75 Å². The summed E-state index contributed by atoms with van der Waals surface area (Å²) in [6, 6.07) is 13.6. The number of nitrogens with one attached hydrogen (secondary N) is 1. The van der Waals surface area contributed by atoms with E-state index < -0.39 is 9.84 Å². The van der Waals surface area contributed by atoms with Crippen molar-refractivity contribution in [2.24, 2.45) is 0 Å². The van der Waals surface area contributed by atoms with E-state index in [1.54, 1.807) is 19.2 Å². The van der Waals surface area contributed by atoms with E-state index in [-0.39, 0.29) is 10.8 Å². The summed E-state index contributed by atoms with van der Waals surface area (Å²) in [5.41, 5.74) is 1.33. The Morgan fingerprint density at radius 1 is 1.13 bits per heavy atom. The molecule has 2 rings (SSSR count). The zero-order valence-corrected chi connectivity index (χ0v) is 13.9. The van der Waals surface area contributed by atoms with E-state index in [2.05, 4.69) is 5.32 Å². The maximum atomic E-state index is 12.1. The summed E-state index contributed by atoms with van der Waals surface area (Å²) in [5.74, 6) is 0.478. The van der Waals surface area contributed by atoms with Crippen LogP contribution in [0.3, 0.4) is 0 Å². The van der Waals surface area contributed by atoms with E-state index in [0.717, 1.165) is 17.6 Å². The Morgan fingerprint density at radius 2 is 1.87 bits per heavy atom. The molecule has 2 aromatic rings. The van der Waals surface area contributed by atoms with Crippen molar-refractivity contribution in [2.75, 3.05) is 19.9 Å². The van der Waals surface area contributed by atoms with Crippen LogP contribution in [0.5, 0.6) is 5.75 Å². The van der Waals surface area contributed by atoms with Crippen molar-refractivity contribution >= 4 is 15.7 Å². The number of sulfone groups is 1. The maximum absolute atomic E-state index is 12.1. The van der Waals surface area contributed by atoms with Gasteiger partial charge in [0.25, 0.3) is 5.91 Å². The largest absolute Gasteiger partial charge is 0.496 e. The standard InChI is InChI=1S/C17H19NO4S/c1-22-16-9-4-3-6-13(16)10-11-18-17(19)14-7-5-8-15(12-14)23(2,20)21/h3-9,12H,10-11H2,1-2H3,(H,18,19). The Kier molecular flexibility index (Phi) is 5.39. The van der Waals surface area contributed by atoms with Crippen LogP contribution in [0.15, 0.2) is 53.4 Å². The highest BCUT2D eigenvalue weighted by molar-refractivity contribution is 7.90. The highest BCUT2D eigenvalue weighted by Crippen LogP contribution is 2.17. The molecule has 0 saturated carbocycles. The van der Waals surface area contributed by atoms with Crippen LogP contribution in [0.1, 0.15) is 15.9 Å². The molecule has 0 fully saturated rings. The minimum absolute atomic E-state index is 0.134. The third-order valence-electron chi connectivity index (χ3n) is 3.40. The fourth-order valence-corrected chi connectivity index (χ4v) is 2.86. The fraction of sp³-hybridized carbons (Fsp3) is 0.235. The Balaban J connectivity index is 2.00. The average molecular weight is 333 g/mol. The molecule has 0 radical (unpaired) electrons. The summed E-state index contributed by atoms with van der Waals surface area (Å²) >= 11 is 0. The zero-order chi connectivity index (χ0) is 16.9. The van der Waals surface area contributed by atoms with E-state index in [4.69, 9.17) is 4.74 Å². The average Bonchev–Trinajstić information content (AvgIpc) is 2.54. The molecule has 23 heavy (non-hydrogen) atoms. The second-order valence-corrected chi connectivity index (χ2v) is 7.13. The molecule has 2 aromatic carbocycles. The summed E-state index contributed by atoms with van der Waals surface area (Å²) in [6.45, 7) is 0.433. The first-order valence-corrected chi connectivity index (χ1v) is 9.01. The van der Waals surface area contributed by atoms with Gasteiger partial charge in [-0.15, -0.1) is 0 Å². The molecule has 0 unspecified atom stereocenters. The quantitative estimate of drug-likeness (QED) is 0.878. The van der Waals surface area contributed by atoms with Gasteiger partial charge in [0, 0.05) is 18.4 Å². The third kappa shape index (κ3) is 4.56. The molecule has 1 amide bonds.